The van der Waals surface area contributed by atoms with Gasteiger partial charge in [0.05, 0.1) is 5.69 Å². The Morgan fingerprint density at radius 1 is 1.37 bits per heavy atom. The van der Waals surface area contributed by atoms with Crippen LogP contribution in [-0.4, -0.2) is 35.6 Å². The predicted octanol–water partition coefficient (Wildman–Crippen LogP) is 3.07. The number of nitrogens with one attached hydrogen (secondary N) is 1. The molecule has 2 atom stereocenters. The van der Waals surface area contributed by atoms with Crippen LogP contribution in [0.3, 0.4) is 0 Å². The molecular weight excluding hydrogens is 274 g/mol. The lowest BCUT2D eigenvalue weighted by atomic mass is 10.2. The lowest BCUT2D eigenvalue weighted by molar-refractivity contribution is 0.625. The average Bonchev–Trinajstić information content (AvgIpc) is 3.15. The second-order valence-electron chi connectivity index (χ2n) is 5.62. The molecular formula is C14H23N3S2. The minimum absolute atomic E-state index is 0.597. The van der Waals surface area contributed by atoms with Crippen LogP contribution in [0, 0.1) is 0 Å². The Bertz CT molecular complexity index is 442. The molecule has 1 saturated carbocycles. The van der Waals surface area contributed by atoms with E-state index < -0.39 is 0 Å². The third kappa shape index (κ3) is 2.78. The molecule has 2 unspecified atom stereocenters. The van der Waals surface area contributed by atoms with Crippen LogP contribution in [0.15, 0.2) is 0 Å². The van der Waals surface area contributed by atoms with Gasteiger partial charge in [-0.3, -0.25) is 0 Å². The second-order valence-corrected chi connectivity index (χ2v) is 8.17. The molecule has 1 aliphatic carbocycles. The topological polar surface area (TPSA) is 28.2 Å². The van der Waals surface area contributed by atoms with Crippen LogP contribution in [0.25, 0.3) is 0 Å². The summed E-state index contributed by atoms with van der Waals surface area (Å²) in [5, 5.41) is 5.25. The van der Waals surface area contributed by atoms with E-state index in [0.717, 1.165) is 19.0 Å². The Balaban J connectivity index is 1.85. The first-order chi connectivity index (χ1) is 9.20. The van der Waals surface area contributed by atoms with Gasteiger partial charge in [-0.1, -0.05) is 6.92 Å². The van der Waals surface area contributed by atoms with Crippen LogP contribution in [0.4, 0.5) is 5.13 Å². The van der Waals surface area contributed by atoms with Gasteiger partial charge in [0.1, 0.15) is 0 Å². The van der Waals surface area contributed by atoms with Crippen molar-refractivity contribution in [2.24, 2.45) is 0 Å². The molecule has 19 heavy (non-hydrogen) atoms. The molecule has 1 aromatic rings. The number of hydrogen-bond donors (Lipinski definition) is 1. The number of hydrogen-bond acceptors (Lipinski definition) is 5. The first kappa shape index (κ1) is 13.7. The molecule has 106 valence electrons. The van der Waals surface area contributed by atoms with Crippen molar-refractivity contribution in [3.05, 3.63) is 10.6 Å². The summed E-state index contributed by atoms with van der Waals surface area (Å²) in [6.07, 6.45) is 2.67. The highest BCUT2D eigenvalue weighted by atomic mass is 32.2. The monoisotopic (exact) mass is 297 g/mol. The van der Waals surface area contributed by atoms with Gasteiger partial charge in [-0.2, -0.15) is 11.8 Å². The molecule has 1 aromatic heterocycles. The third-order valence-corrected chi connectivity index (χ3v) is 6.59. The van der Waals surface area contributed by atoms with Crippen molar-refractivity contribution in [1.82, 2.24) is 10.3 Å². The summed E-state index contributed by atoms with van der Waals surface area (Å²) in [5.41, 5.74) is 1.38. The van der Waals surface area contributed by atoms with Crippen LogP contribution >= 0.6 is 23.1 Å². The van der Waals surface area contributed by atoms with Crippen molar-refractivity contribution in [3.8, 4) is 0 Å². The molecule has 1 aliphatic heterocycles. The summed E-state index contributed by atoms with van der Waals surface area (Å²) in [6, 6.07) is 0.597. The number of thiazole rings is 1. The minimum atomic E-state index is 0.597. The lowest BCUT2D eigenvalue weighted by Gasteiger charge is -2.37. The molecule has 1 N–H and O–H groups in total. The van der Waals surface area contributed by atoms with Gasteiger partial charge in [0.25, 0.3) is 0 Å². The van der Waals surface area contributed by atoms with E-state index in [1.54, 1.807) is 0 Å². The number of thioether (sulfide) groups is 1. The van der Waals surface area contributed by atoms with E-state index in [1.807, 2.05) is 18.4 Å². The molecule has 0 amide bonds. The van der Waals surface area contributed by atoms with Crippen molar-refractivity contribution < 1.29 is 0 Å². The van der Waals surface area contributed by atoms with Crippen LogP contribution in [0.1, 0.15) is 43.2 Å². The minimum Gasteiger partial charge on any atom is -0.343 e. The highest BCUT2D eigenvalue weighted by Crippen LogP contribution is 2.45. The zero-order valence-electron chi connectivity index (χ0n) is 12.0. The number of rotatable bonds is 4. The summed E-state index contributed by atoms with van der Waals surface area (Å²) in [4.78, 5) is 8.98. The normalized spacial score (nSPS) is 27.8. The maximum atomic E-state index is 4.99. The van der Waals surface area contributed by atoms with E-state index >= 15 is 0 Å². The number of aromatic nitrogens is 1. The first-order valence-corrected chi connectivity index (χ1v) is 9.09. The number of anilines is 1. The highest BCUT2D eigenvalue weighted by Gasteiger charge is 2.32. The number of nitrogens with zero attached hydrogens (tertiary/aromatic N) is 2. The summed E-state index contributed by atoms with van der Waals surface area (Å²) < 4.78 is 0. The molecule has 2 fully saturated rings. The SMILES string of the molecule is CNCc1sc(N2CCSC(C)C2C)nc1C1CC1. The second kappa shape index (κ2) is 5.62. The van der Waals surface area contributed by atoms with Gasteiger partial charge < -0.3 is 10.2 Å². The average molecular weight is 297 g/mol. The van der Waals surface area contributed by atoms with E-state index in [0.29, 0.717) is 11.3 Å². The Labute approximate surface area is 124 Å². The summed E-state index contributed by atoms with van der Waals surface area (Å²) in [7, 11) is 2.03. The van der Waals surface area contributed by atoms with E-state index in [9.17, 15) is 0 Å². The van der Waals surface area contributed by atoms with Gasteiger partial charge >= 0.3 is 0 Å². The van der Waals surface area contributed by atoms with Gasteiger partial charge in [0, 0.05) is 40.9 Å². The van der Waals surface area contributed by atoms with Crippen molar-refractivity contribution >= 4 is 28.2 Å². The fourth-order valence-corrected chi connectivity index (χ4v) is 5.01. The first-order valence-electron chi connectivity index (χ1n) is 7.23. The largest absolute Gasteiger partial charge is 0.343 e. The van der Waals surface area contributed by atoms with Crippen LogP contribution in [0.5, 0.6) is 0 Å². The summed E-state index contributed by atoms with van der Waals surface area (Å²) in [5.74, 6) is 1.98. The summed E-state index contributed by atoms with van der Waals surface area (Å²) in [6.45, 7) is 6.79. The molecule has 0 aromatic carbocycles. The Morgan fingerprint density at radius 3 is 2.84 bits per heavy atom. The molecule has 3 rings (SSSR count). The van der Waals surface area contributed by atoms with E-state index in [-0.39, 0.29) is 0 Å². The quantitative estimate of drug-likeness (QED) is 0.924. The molecule has 0 bridgehead atoms. The van der Waals surface area contributed by atoms with Gasteiger partial charge in [-0.25, -0.2) is 4.98 Å². The van der Waals surface area contributed by atoms with Gasteiger partial charge in [0.15, 0.2) is 5.13 Å². The zero-order chi connectivity index (χ0) is 13.4. The van der Waals surface area contributed by atoms with Crippen molar-refractivity contribution in [1.29, 1.82) is 0 Å². The molecule has 1 saturated heterocycles. The Kier molecular flexibility index (Phi) is 4.06. The lowest BCUT2D eigenvalue weighted by Crippen LogP contribution is -2.44. The molecule has 3 nitrogen and oxygen atoms in total. The third-order valence-electron chi connectivity index (χ3n) is 4.15. The van der Waals surface area contributed by atoms with Crippen LogP contribution < -0.4 is 10.2 Å². The van der Waals surface area contributed by atoms with Crippen LogP contribution in [-0.2, 0) is 6.54 Å². The zero-order valence-corrected chi connectivity index (χ0v) is 13.6. The van der Waals surface area contributed by atoms with Crippen molar-refractivity contribution in [2.45, 2.75) is 50.4 Å². The summed E-state index contributed by atoms with van der Waals surface area (Å²) >= 11 is 4.00. The molecule has 0 radical (unpaired) electrons. The van der Waals surface area contributed by atoms with E-state index in [1.165, 1.54) is 34.3 Å². The molecule has 5 heteroatoms. The van der Waals surface area contributed by atoms with E-state index in [4.69, 9.17) is 4.98 Å². The highest BCUT2D eigenvalue weighted by molar-refractivity contribution is 8.00. The smallest absolute Gasteiger partial charge is 0.186 e. The van der Waals surface area contributed by atoms with Gasteiger partial charge in [-0.15, -0.1) is 11.3 Å². The Hall–Kier alpha value is -0.260. The van der Waals surface area contributed by atoms with Gasteiger partial charge in [-0.05, 0) is 26.8 Å². The standard InChI is InChI=1S/C14H23N3S2/c1-9-10(2)18-7-6-17(9)14-16-13(11-4-5-11)12(19-14)8-15-3/h9-11,15H,4-8H2,1-3H3. The van der Waals surface area contributed by atoms with Crippen LogP contribution in [0.2, 0.25) is 0 Å². The maximum Gasteiger partial charge on any atom is 0.186 e. The fourth-order valence-electron chi connectivity index (χ4n) is 2.64. The molecule has 2 heterocycles. The van der Waals surface area contributed by atoms with Gasteiger partial charge in [0.2, 0.25) is 0 Å². The van der Waals surface area contributed by atoms with Crippen molar-refractivity contribution in [2.75, 3.05) is 24.2 Å². The molecule has 2 aliphatic rings. The predicted molar refractivity (Wildman–Crippen MR) is 85.6 cm³/mol. The maximum absolute atomic E-state index is 4.99. The fraction of sp³-hybridized carbons (Fsp3) is 0.786. The molecule has 0 spiro atoms. The van der Waals surface area contributed by atoms with Crippen molar-refractivity contribution in [3.63, 3.8) is 0 Å². The Morgan fingerprint density at radius 2 is 2.16 bits per heavy atom. The van der Waals surface area contributed by atoms with E-state index in [2.05, 4.69) is 35.8 Å².